The van der Waals surface area contributed by atoms with Crippen molar-refractivity contribution in [2.24, 2.45) is 0 Å². The zero-order valence-electron chi connectivity index (χ0n) is 10.8. The monoisotopic (exact) mass is 305 g/mol. The lowest BCUT2D eigenvalue weighted by Crippen LogP contribution is -2.56. The number of carbonyl (C=O) groups excluding carboxylic acids is 2. The fourth-order valence-corrected chi connectivity index (χ4v) is 1.88. The first-order chi connectivity index (χ1) is 9.56. The van der Waals surface area contributed by atoms with Gasteiger partial charge in [-0.25, -0.2) is 9.18 Å². The van der Waals surface area contributed by atoms with E-state index in [1.54, 1.807) is 5.32 Å². The van der Waals surface area contributed by atoms with E-state index in [-0.39, 0.29) is 11.3 Å². The van der Waals surface area contributed by atoms with Crippen LogP contribution in [0.3, 0.4) is 0 Å². The molecule has 3 N–H and O–H groups in total. The second-order valence-electron chi connectivity index (χ2n) is 4.80. The third-order valence-electron chi connectivity index (χ3n) is 3.25. The lowest BCUT2D eigenvalue weighted by atomic mass is 10.0. The lowest BCUT2D eigenvalue weighted by molar-refractivity contribution is -0.191. The Bertz CT molecular complexity index is 617. The van der Waals surface area contributed by atoms with Crippen molar-refractivity contribution in [2.75, 3.05) is 5.73 Å². The molecule has 0 bridgehead atoms. The second kappa shape index (κ2) is 4.61. The molecule has 0 radical (unpaired) electrons. The quantitative estimate of drug-likeness (QED) is 0.497. The Balaban J connectivity index is 2.27. The van der Waals surface area contributed by atoms with E-state index in [1.807, 2.05) is 0 Å². The minimum absolute atomic E-state index is 0.143. The minimum Gasteiger partial charge on any atom is -0.396 e. The van der Waals surface area contributed by atoms with Gasteiger partial charge in [-0.3, -0.25) is 9.69 Å². The Morgan fingerprint density at radius 3 is 2.43 bits per heavy atom. The van der Waals surface area contributed by atoms with E-state index in [4.69, 9.17) is 5.73 Å². The summed E-state index contributed by atoms with van der Waals surface area (Å²) < 4.78 is 51.9. The van der Waals surface area contributed by atoms with Gasteiger partial charge in [0.05, 0.1) is 12.2 Å². The molecule has 1 unspecified atom stereocenters. The third kappa shape index (κ3) is 2.39. The van der Waals surface area contributed by atoms with Crippen LogP contribution < -0.4 is 11.1 Å². The number of rotatable bonds is 2. The van der Waals surface area contributed by atoms with Crippen LogP contribution >= 0.6 is 0 Å². The fourth-order valence-electron chi connectivity index (χ4n) is 1.88. The molecule has 1 aliphatic heterocycles. The van der Waals surface area contributed by atoms with Gasteiger partial charge in [-0.2, -0.15) is 13.2 Å². The lowest BCUT2D eigenvalue weighted by Gasteiger charge is -2.24. The van der Waals surface area contributed by atoms with E-state index in [0.29, 0.717) is 11.8 Å². The largest absolute Gasteiger partial charge is 0.420 e. The SMILES string of the molecule is CC1(C(F)(F)F)NC(=O)N(Cc2ccc(N)c(F)c2)C1=O. The van der Waals surface area contributed by atoms with E-state index in [9.17, 15) is 27.2 Å². The summed E-state index contributed by atoms with van der Waals surface area (Å²) in [5, 5.41) is 1.61. The van der Waals surface area contributed by atoms with Crippen LogP contribution in [0, 0.1) is 5.82 Å². The number of halogens is 4. The average molecular weight is 305 g/mol. The summed E-state index contributed by atoms with van der Waals surface area (Å²) in [5.41, 5.74) is 2.30. The summed E-state index contributed by atoms with van der Waals surface area (Å²) in [7, 11) is 0. The fraction of sp³-hybridized carbons (Fsp3) is 0.333. The van der Waals surface area contributed by atoms with Crippen molar-refractivity contribution in [3.05, 3.63) is 29.6 Å². The number of hydrogen-bond acceptors (Lipinski definition) is 3. The summed E-state index contributed by atoms with van der Waals surface area (Å²) in [6.45, 7) is 0.102. The number of imide groups is 1. The number of nitrogens with one attached hydrogen (secondary N) is 1. The molecule has 2 rings (SSSR count). The molecular formula is C12H11F4N3O2. The number of anilines is 1. The summed E-state index contributed by atoms with van der Waals surface area (Å²) in [4.78, 5) is 23.8. The average Bonchev–Trinajstić information content (AvgIpc) is 2.58. The van der Waals surface area contributed by atoms with Gasteiger partial charge in [0.15, 0.2) is 0 Å². The van der Waals surface area contributed by atoms with Gasteiger partial charge in [-0.05, 0) is 24.6 Å². The van der Waals surface area contributed by atoms with Crippen LogP contribution in [-0.4, -0.2) is 28.6 Å². The molecule has 1 saturated heterocycles. The standard InChI is InChI=1S/C12H11F4N3O2/c1-11(12(14,15)16)9(20)19(10(21)18-11)5-6-2-3-8(17)7(13)4-6/h2-4H,5,17H2,1H3,(H,18,21). The first-order valence-electron chi connectivity index (χ1n) is 5.81. The van der Waals surface area contributed by atoms with Crippen LogP contribution in [0.4, 0.5) is 28.0 Å². The Morgan fingerprint density at radius 2 is 1.95 bits per heavy atom. The summed E-state index contributed by atoms with van der Waals surface area (Å²) in [5.74, 6) is -2.21. The molecule has 1 fully saturated rings. The Kier molecular flexibility index (Phi) is 3.31. The van der Waals surface area contributed by atoms with Crippen LogP contribution in [-0.2, 0) is 11.3 Å². The molecule has 1 aromatic rings. The van der Waals surface area contributed by atoms with Gasteiger partial charge < -0.3 is 11.1 Å². The molecular weight excluding hydrogens is 294 g/mol. The number of benzene rings is 1. The molecule has 3 amide bonds. The van der Waals surface area contributed by atoms with Crippen molar-refractivity contribution in [2.45, 2.75) is 25.2 Å². The first-order valence-corrected chi connectivity index (χ1v) is 5.81. The highest BCUT2D eigenvalue weighted by Gasteiger charge is 2.64. The number of amides is 3. The molecule has 0 spiro atoms. The molecule has 21 heavy (non-hydrogen) atoms. The van der Waals surface area contributed by atoms with E-state index < -0.39 is 36.0 Å². The maximum Gasteiger partial charge on any atom is 0.420 e. The number of nitrogens with zero attached hydrogens (tertiary/aromatic N) is 1. The normalized spacial score (nSPS) is 22.6. The van der Waals surface area contributed by atoms with Crippen LogP contribution in [0.15, 0.2) is 18.2 Å². The maximum absolute atomic E-state index is 13.3. The summed E-state index contributed by atoms with van der Waals surface area (Å²) >= 11 is 0. The van der Waals surface area contributed by atoms with Crippen molar-refractivity contribution in [3.63, 3.8) is 0 Å². The molecule has 114 valence electrons. The van der Waals surface area contributed by atoms with Gasteiger partial charge in [0, 0.05) is 0 Å². The van der Waals surface area contributed by atoms with Gasteiger partial charge >= 0.3 is 12.2 Å². The summed E-state index contributed by atoms with van der Waals surface area (Å²) in [6, 6.07) is 2.30. The number of nitrogen functional groups attached to an aromatic ring is 1. The van der Waals surface area contributed by atoms with Crippen molar-refractivity contribution in [1.82, 2.24) is 10.2 Å². The van der Waals surface area contributed by atoms with Gasteiger partial charge in [-0.1, -0.05) is 6.07 Å². The topological polar surface area (TPSA) is 75.4 Å². The van der Waals surface area contributed by atoms with Gasteiger partial charge in [0.2, 0.25) is 5.54 Å². The molecule has 1 aliphatic rings. The van der Waals surface area contributed by atoms with E-state index in [2.05, 4.69) is 0 Å². The van der Waals surface area contributed by atoms with Gasteiger partial charge in [0.25, 0.3) is 5.91 Å². The number of alkyl halides is 3. The number of carbonyl (C=O) groups is 2. The highest BCUT2D eigenvalue weighted by molar-refractivity contribution is 6.07. The van der Waals surface area contributed by atoms with Crippen LogP contribution in [0.1, 0.15) is 12.5 Å². The first kappa shape index (κ1) is 15.1. The van der Waals surface area contributed by atoms with Gasteiger partial charge in [-0.15, -0.1) is 0 Å². The van der Waals surface area contributed by atoms with Crippen molar-refractivity contribution in [3.8, 4) is 0 Å². The van der Waals surface area contributed by atoms with Crippen molar-refractivity contribution >= 4 is 17.6 Å². The zero-order valence-corrected chi connectivity index (χ0v) is 10.8. The number of nitrogens with two attached hydrogens (primary N) is 1. The molecule has 9 heteroatoms. The van der Waals surface area contributed by atoms with Gasteiger partial charge in [0.1, 0.15) is 5.82 Å². The Labute approximate surface area is 116 Å². The number of hydrogen-bond donors (Lipinski definition) is 2. The maximum atomic E-state index is 13.3. The predicted octanol–water partition coefficient (Wildman–Crippen LogP) is 1.78. The molecule has 1 heterocycles. The van der Waals surface area contributed by atoms with Crippen molar-refractivity contribution in [1.29, 1.82) is 0 Å². The molecule has 1 aromatic carbocycles. The third-order valence-corrected chi connectivity index (χ3v) is 3.25. The minimum atomic E-state index is -4.93. The second-order valence-corrected chi connectivity index (χ2v) is 4.80. The van der Waals surface area contributed by atoms with E-state index in [0.717, 1.165) is 6.07 Å². The van der Waals surface area contributed by atoms with E-state index in [1.165, 1.54) is 12.1 Å². The highest BCUT2D eigenvalue weighted by Crippen LogP contribution is 2.35. The Morgan fingerprint density at radius 1 is 1.33 bits per heavy atom. The van der Waals surface area contributed by atoms with Crippen LogP contribution in [0.2, 0.25) is 0 Å². The molecule has 0 aliphatic carbocycles. The molecule has 0 saturated carbocycles. The van der Waals surface area contributed by atoms with Crippen LogP contribution in [0.25, 0.3) is 0 Å². The predicted molar refractivity (Wildman–Crippen MR) is 64.4 cm³/mol. The summed E-state index contributed by atoms with van der Waals surface area (Å²) in [6.07, 6.45) is -4.93. The van der Waals surface area contributed by atoms with Crippen molar-refractivity contribution < 1.29 is 27.2 Å². The smallest absolute Gasteiger partial charge is 0.396 e. The molecule has 1 atom stereocenters. The van der Waals surface area contributed by atoms with E-state index >= 15 is 0 Å². The molecule has 0 aromatic heterocycles. The van der Waals surface area contributed by atoms with Crippen LogP contribution in [0.5, 0.6) is 0 Å². The zero-order chi connectivity index (χ0) is 16.0. The molecule has 5 nitrogen and oxygen atoms in total. The highest BCUT2D eigenvalue weighted by atomic mass is 19.4. The Hall–Kier alpha value is -2.32. The number of urea groups is 1.